The van der Waals surface area contributed by atoms with Crippen molar-refractivity contribution in [2.75, 3.05) is 43.1 Å². The largest absolute Gasteiger partial charge is 0.395 e. The molecule has 164 valence electrons. The summed E-state index contributed by atoms with van der Waals surface area (Å²) in [5.74, 6) is 0.467. The molecule has 0 amide bonds. The number of hydrogen-bond donors (Lipinski definition) is 2. The number of aromatic nitrogens is 4. The molecule has 0 bridgehead atoms. The Bertz CT molecular complexity index is 1220. The van der Waals surface area contributed by atoms with E-state index in [0.717, 1.165) is 48.6 Å². The Kier molecular flexibility index (Phi) is 5.89. The van der Waals surface area contributed by atoms with Crippen LogP contribution in [0.2, 0.25) is 5.02 Å². The van der Waals surface area contributed by atoms with E-state index in [1.54, 1.807) is 12.5 Å². The summed E-state index contributed by atoms with van der Waals surface area (Å²) in [4.78, 5) is 15.7. The fourth-order valence-corrected chi connectivity index (χ4v) is 4.03. The molecule has 32 heavy (non-hydrogen) atoms. The van der Waals surface area contributed by atoms with Gasteiger partial charge in [-0.2, -0.15) is 0 Å². The number of benzene rings is 2. The first-order valence-corrected chi connectivity index (χ1v) is 10.9. The summed E-state index contributed by atoms with van der Waals surface area (Å²) in [7, 11) is 0. The fourth-order valence-electron chi connectivity index (χ4n) is 3.83. The molecule has 0 radical (unpaired) electrons. The number of fused-ring (bicyclic) bond motifs is 1. The van der Waals surface area contributed by atoms with Gasteiger partial charge in [0.2, 0.25) is 5.95 Å². The second kappa shape index (κ2) is 9.12. The minimum absolute atomic E-state index is 0.0629. The molecule has 0 aliphatic carbocycles. The molecular formula is C23H23ClN6O2. The van der Waals surface area contributed by atoms with Gasteiger partial charge in [-0.05, 0) is 36.4 Å². The van der Waals surface area contributed by atoms with Crippen LogP contribution in [-0.2, 0) is 11.3 Å². The molecule has 5 rings (SSSR count). The maximum Gasteiger partial charge on any atom is 0.227 e. The molecule has 1 aliphatic heterocycles. The number of morpholine rings is 1. The number of ether oxygens (including phenoxy) is 1. The summed E-state index contributed by atoms with van der Waals surface area (Å²) >= 11 is 6.42. The molecule has 0 spiro atoms. The molecule has 3 heterocycles. The Balaban J connectivity index is 1.37. The third kappa shape index (κ3) is 4.25. The second-order valence-electron chi connectivity index (χ2n) is 7.53. The lowest BCUT2D eigenvalue weighted by atomic mass is 10.1. The average molecular weight is 451 g/mol. The van der Waals surface area contributed by atoms with E-state index in [4.69, 9.17) is 16.3 Å². The lowest BCUT2D eigenvalue weighted by molar-refractivity contribution is 0.122. The summed E-state index contributed by atoms with van der Waals surface area (Å²) in [5, 5.41) is 12.9. The zero-order valence-electron chi connectivity index (χ0n) is 17.4. The van der Waals surface area contributed by atoms with E-state index in [1.807, 2.05) is 34.9 Å². The number of imidazole rings is 1. The molecule has 9 heteroatoms. The molecule has 2 aromatic heterocycles. The third-order valence-corrected chi connectivity index (χ3v) is 5.76. The van der Waals surface area contributed by atoms with Gasteiger partial charge in [0.1, 0.15) is 0 Å². The monoisotopic (exact) mass is 450 g/mol. The van der Waals surface area contributed by atoms with Crippen molar-refractivity contribution in [3.63, 3.8) is 0 Å². The van der Waals surface area contributed by atoms with Gasteiger partial charge in [-0.1, -0.05) is 17.7 Å². The minimum Gasteiger partial charge on any atom is -0.395 e. The molecule has 0 atom stereocenters. The van der Waals surface area contributed by atoms with Crippen LogP contribution >= 0.6 is 11.6 Å². The molecule has 1 saturated heterocycles. The van der Waals surface area contributed by atoms with Crippen LogP contribution in [0.4, 0.5) is 17.3 Å². The Morgan fingerprint density at radius 1 is 1.06 bits per heavy atom. The molecule has 0 saturated carbocycles. The second-order valence-corrected chi connectivity index (χ2v) is 7.93. The summed E-state index contributed by atoms with van der Waals surface area (Å²) < 4.78 is 7.33. The third-order valence-electron chi connectivity index (χ3n) is 5.48. The van der Waals surface area contributed by atoms with Crippen molar-refractivity contribution < 1.29 is 9.84 Å². The maximum atomic E-state index is 9.20. The predicted octanol–water partition coefficient (Wildman–Crippen LogP) is 3.72. The van der Waals surface area contributed by atoms with Gasteiger partial charge in [0, 0.05) is 36.6 Å². The first kappa shape index (κ1) is 20.7. The average Bonchev–Trinajstić information content (AvgIpc) is 3.24. The van der Waals surface area contributed by atoms with Crippen molar-refractivity contribution in [3.05, 3.63) is 60.0 Å². The standard InChI is InChI=1S/C23H23ClN6O2/c24-19-14-25-23(27-17-2-4-18(5-3-17)29-8-11-32-12-9-29)28-22(19)16-1-6-21-20(13-16)26-15-30(21)7-10-31/h1-6,13-15,31H,7-12H2,(H,25,27,28). The molecule has 4 aromatic rings. The number of anilines is 3. The van der Waals surface area contributed by atoms with Crippen molar-refractivity contribution in [1.29, 1.82) is 0 Å². The first-order chi connectivity index (χ1) is 15.7. The number of aliphatic hydroxyl groups is 1. The summed E-state index contributed by atoms with van der Waals surface area (Å²) in [6, 6.07) is 14.1. The molecule has 8 nitrogen and oxygen atoms in total. The number of nitrogens with zero attached hydrogens (tertiary/aromatic N) is 5. The van der Waals surface area contributed by atoms with Gasteiger partial charge in [0.05, 0.1) is 54.1 Å². The van der Waals surface area contributed by atoms with Crippen molar-refractivity contribution >= 4 is 40.0 Å². The van der Waals surface area contributed by atoms with Gasteiger partial charge in [0.15, 0.2) is 0 Å². The molecule has 2 N–H and O–H groups in total. The lowest BCUT2D eigenvalue weighted by Crippen LogP contribution is -2.36. The molecule has 1 fully saturated rings. The van der Waals surface area contributed by atoms with Crippen LogP contribution in [0.5, 0.6) is 0 Å². The predicted molar refractivity (Wildman–Crippen MR) is 126 cm³/mol. The topological polar surface area (TPSA) is 88.3 Å². The number of halogens is 1. The van der Waals surface area contributed by atoms with Gasteiger partial charge in [-0.25, -0.2) is 15.0 Å². The van der Waals surface area contributed by atoms with E-state index in [0.29, 0.717) is 23.2 Å². The number of rotatable bonds is 6. The van der Waals surface area contributed by atoms with Crippen molar-refractivity contribution in [3.8, 4) is 11.3 Å². The van der Waals surface area contributed by atoms with Crippen LogP contribution in [0.25, 0.3) is 22.3 Å². The quantitative estimate of drug-likeness (QED) is 0.462. The molecule has 2 aromatic carbocycles. The van der Waals surface area contributed by atoms with Crippen LogP contribution in [-0.4, -0.2) is 57.5 Å². The molecule has 1 aliphatic rings. The summed E-state index contributed by atoms with van der Waals surface area (Å²) in [6.45, 7) is 3.89. The van der Waals surface area contributed by atoms with E-state index in [9.17, 15) is 5.11 Å². The Hall–Kier alpha value is -3.20. The van der Waals surface area contributed by atoms with Crippen LogP contribution in [0.3, 0.4) is 0 Å². The Morgan fingerprint density at radius 3 is 2.66 bits per heavy atom. The molecular weight excluding hydrogens is 428 g/mol. The van der Waals surface area contributed by atoms with Gasteiger partial charge >= 0.3 is 0 Å². The highest BCUT2D eigenvalue weighted by atomic mass is 35.5. The van der Waals surface area contributed by atoms with Crippen molar-refractivity contribution in [2.24, 2.45) is 0 Å². The van der Waals surface area contributed by atoms with Crippen LogP contribution in [0.15, 0.2) is 55.0 Å². The van der Waals surface area contributed by atoms with Gasteiger partial charge < -0.3 is 24.6 Å². The van der Waals surface area contributed by atoms with Crippen molar-refractivity contribution in [1.82, 2.24) is 19.5 Å². The molecule has 0 unspecified atom stereocenters. The maximum absolute atomic E-state index is 9.20. The van der Waals surface area contributed by atoms with Crippen LogP contribution < -0.4 is 10.2 Å². The number of hydrogen-bond acceptors (Lipinski definition) is 7. The normalized spacial score (nSPS) is 14.1. The number of aliphatic hydroxyl groups excluding tert-OH is 1. The first-order valence-electron chi connectivity index (χ1n) is 10.5. The van der Waals surface area contributed by atoms with E-state index in [1.165, 1.54) is 5.69 Å². The van der Waals surface area contributed by atoms with E-state index in [2.05, 4.69) is 37.3 Å². The highest BCUT2D eigenvalue weighted by Crippen LogP contribution is 2.29. The summed E-state index contributed by atoms with van der Waals surface area (Å²) in [6.07, 6.45) is 3.32. The van der Waals surface area contributed by atoms with Crippen LogP contribution in [0, 0.1) is 0 Å². The smallest absolute Gasteiger partial charge is 0.227 e. The van der Waals surface area contributed by atoms with Gasteiger partial charge in [0.25, 0.3) is 0 Å². The van der Waals surface area contributed by atoms with Crippen LogP contribution in [0.1, 0.15) is 0 Å². The van der Waals surface area contributed by atoms with E-state index < -0.39 is 0 Å². The Morgan fingerprint density at radius 2 is 1.88 bits per heavy atom. The minimum atomic E-state index is 0.0629. The van der Waals surface area contributed by atoms with E-state index >= 15 is 0 Å². The summed E-state index contributed by atoms with van der Waals surface area (Å²) in [5.41, 5.74) is 5.32. The highest BCUT2D eigenvalue weighted by molar-refractivity contribution is 6.33. The number of nitrogens with one attached hydrogen (secondary N) is 1. The van der Waals surface area contributed by atoms with Gasteiger partial charge in [-0.15, -0.1) is 0 Å². The lowest BCUT2D eigenvalue weighted by Gasteiger charge is -2.28. The fraction of sp³-hybridized carbons (Fsp3) is 0.261. The van der Waals surface area contributed by atoms with E-state index in [-0.39, 0.29) is 6.61 Å². The zero-order valence-corrected chi connectivity index (χ0v) is 18.2. The van der Waals surface area contributed by atoms with Gasteiger partial charge in [-0.3, -0.25) is 0 Å². The van der Waals surface area contributed by atoms with Crippen molar-refractivity contribution in [2.45, 2.75) is 6.54 Å². The SMILES string of the molecule is OCCn1cnc2cc(-c3nc(Nc4ccc(N5CCOCC5)cc4)ncc3Cl)ccc21. The zero-order chi connectivity index (χ0) is 21.9. The highest BCUT2D eigenvalue weighted by Gasteiger charge is 2.13. The Labute approximate surface area is 190 Å².